The Hall–Kier alpha value is -2.59. The van der Waals surface area contributed by atoms with E-state index < -0.39 is 23.8 Å². The lowest BCUT2D eigenvalue weighted by molar-refractivity contribution is 0.0427. The van der Waals surface area contributed by atoms with Gasteiger partial charge < -0.3 is 15.2 Å². The van der Waals surface area contributed by atoms with Gasteiger partial charge in [-0.2, -0.15) is 0 Å². The highest BCUT2D eigenvalue weighted by atomic mass is 16.6. The maximum absolute atomic E-state index is 12.3. The molecule has 0 saturated heterocycles. The van der Waals surface area contributed by atoms with Crippen molar-refractivity contribution in [3.05, 3.63) is 78.4 Å². The highest BCUT2D eigenvalue weighted by Crippen LogP contribution is 2.20. The fourth-order valence-corrected chi connectivity index (χ4v) is 2.80. The van der Waals surface area contributed by atoms with E-state index in [1.165, 1.54) is 0 Å². The number of alkyl carbamates (subject to hydrolysis) is 1. The number of carbonyl (C=O) groups excluding carboxylic acids is 1. The zero-order valence-electron chi connectivity index (χ0n) is 16.3. The summed E-state index contributed by atoms with van der Waals surface area (Å²) < 4.78 is 5.36. The van der Waals surface area contributed by atoms with Gasteiger partial charge in [-0.25, -0.2) is 4.79 Å². The first-order valence-corrected chi connectivity index (χ1v) is 9.19. The zero-order chi connectivity index (χ0) is 19.9. The lowest BCUT2D eigenvalue weighted by atomic mass is 9.94. The molecular formula is C23H29NO3. The molecule has 0 radical (unpaired) electrons. The van der Waals surface area contributed by atoms with E-state index in [9.17, 15) is 9.90 Å². The van der Waals surface area contributed by atoms with Crippen molar-refractivity contribution in [1.82, 2.24) is 5.32 Å². The van der Waals surface area contributed by atoms with Crippen LogP contribution >= 0.6 is 0 Å². The van der Waals surface area contributed by atoms with Crippen molar-refractivity contribution >= 4 is 11.7 Å². The van der Waals surface area contributed by atoms with Crippen LogP contribution in [0.2, 0.25) is 0 Å². The molecular weight excluding hydrogens is 338 g/mol. The number of carbonyl (C=O) groups is 1. The van der Waals surface area contributed by atoms with E-state index in [1.54, 1.807) is 0 Å². The minimum absolute atomic E-state index is 0.358. The van der Waals surface area contributed by atoms with Crippen LogP contribution in [0.5, 0.6) is 0 Å². The number of amides is 1. The molecule has 0 saturated carbocycles. The third-order valence-electron chi connectivity index (χ3n) is 4.10. The second kappa shape index (κ2) is 9.38. The van der Waals surface area contributed by atoms with Crippen molar-refractivity contribution < 1.29 is 14.6 Å². The summed E-state index contributed by atoms with van der Waals surface area (Å²) in [6.45, 7) is 9.52. The molecule has 2 atom stereocenters. The smallest absolute Gasteiger partial charge is 0.407 e. The normalized spacial score (nSPS) is 13.5. The monoisotopic (exact) mass is 367 g/mol. The van der Waals surface area contributed by atoms with Crippen molar-refractivity contribution in [2.75, 3.05) is 0 Å². The van der Waals surface area contributed by atoms with E-state index in [0.29, 0.717) is 12.8 Å². The number of ether oxygens (including phenoxy) is 1. The van der Waals surface area contributed by atoms with Gasteiger partial charge in [0.05, 0.1) is 12.1 Å². The van der Waals surface area contributed by atoms with E-state index in [0.717, 1.165) is 16.7 Å². The van der Waals surface area contributed by atoms with Gasteiger partial charge in [-0.3, -0.25) is 0 Å². The Labute approximate surface area is 161 Å². The van der Waals surface area contributed by atoms with Crippen molar-refractivity contribution in [2.24, 2.45) is 0 Å². The summed E-state index contributed by atoms with van der Waals surface area (Å²) in [5.74, 6) is 0. The fourth-order valence-electron chi connectivity index (χ4n) is 2.80. The highest BCUT2D eigenvalue weighted by molar-refractivity contribution is 5.68. The van der Waals surface area contributed by atoms with Gasteiger partial charge in [0, 0.05) is 6.42 Å². The molecule has 4 heteroatoms. The molecule has 0 aliphatic carbocycles. The zero-order valence-corrected chi connectivity index (χ0v) is 16.3. The van der Waals surface area contributed by atoms with Crippen LogP contribution in [-0.4, -0.2) is 28.9 Å². The van der Waals surface area contributed by atoms with Crippen LogP contribution in [0.3, 0.4) is 0 Å². The molecule has 0 aliphatic rings. The van der Waals surface area contributed by atoms with Crippen LogP contribution in [0.15, 0.2) is 67.2 Å². The molecule has 2 aromatic rings. The predicted octanol–water partition coefficient (Wildman–Crippen LogP) is 4.59. The molecule has 0 aliphatic heterocycles. The average Bonchev–Trinajstić information content (AvgIpc) is 2.61. The van der Waals surface area contributed by atoms with E-state index in [4.69, 9.17) is 4.74 Å². The molecule has 27 heavy (non-hydrogen) atoms. The van der Waals surface area contributed by atoms with E-state index in [1.807, 2.05) is 81.4 Å². The summed E-state index contributed by atoms with van der Waals surface area (Å²) in [7, 11) is 0. The van der Waals surface area contributed by atoms with Crippen molar-refractivity contribution in [3.63, 3.8) is 0 Å². The van der Waals surface area contributed by atoms with Crippen LogP contribution < -0.4 is 5.32 Å². The Morgan fingerprint density at radius 3 is 2.19 bits per heavy atom. The first kappa shape index (κ1) is 20.7. The molecule has 4 nitrogen and oxygen atoms in total. The molecule has 0 aromatic heterocycles. The van der Waals surface area contributed by atoms with Gasteiger partial charge in [0.15, 0.2) is 0 Å². The van der Waals surface area contributed by atoms with Gasteiger partial charge in [-0.1, -0.05) is 67.2 Å². The van der Waals surface area contributed by atoms with E-state index >= 15 is 0 Å². The molecule has 2 aromatic carbocycles. The van der Waals surface area contributed by atoms with Gasteiger partial charge in [-0.15, -0.1) is 0 Å². The molecule has 1 amide bonds. The van der Waals surface area contributed by atoms with Crippen molar-refractivity contribution in [2.45, 2.75) is 51.4 Å². The maximum atomic E-state index is 12.3. The maximum Gasteiger partial charge on any atom is 0.407 e. The molecule has 0 heterocycles. The first-order valence-electron chi connectivity index (χ1n) is 9.19. The summed E-state index contributed by atoms with van der Waals surface area (Å²) in [6.07, 6.45) is -0.459. The summed E-state index contributed by atoms with van der Waals surface area (Å²) in [6, 6.07) is 19.0. The van der Waals surface area contributed by atoms with Crippen LogP contribution in [0, 0.1) is 0 Å². The largest absolute Gasteiger partial charge is 0.444 e. The summed E-state index contributed by atoms with van der Waals surface area (Å²) >= 11 is 0. The Morgan fingerprint density at radius 1 is 1.07 bits per heavy atom. The minimum Gasteiger partial charge on any atom is -0.444 e. The number of aliphatic hydroxyl groups excluding tert-OH is 1. The predicted molar refractivity (Wildman–Crippen MR) is 109 cm³/mol. The highest BCUT2D eigenvalue weighted by Gasteiger charge is 2.25. The number of hydrogen-bond donors (Lipinski definition) is 2. The number of nitrogens with one attached hydrogen (secondary N) is 1. The third kappa shape index (κ3) is 7.27. The van der Waals surface area contributed by atoms with Crippen molar-refractivity contribution in [1.29, 1.82) is 0 Å². The Morgan fingerprint density at radius 2 is 1.63 bits per heavy atom. The lowest BCUT2D eigenvalue weighted by Gasteiger charge is -2.27. The first-order chi connectivity index (χ1) is 12.7. The molecule has 2 rings (SSSR count). The molecule has 144 valence electrons. The standard InChI is InChI=1S/C23H29NO3/c1-17(19-13-9-6-10-14-19)15-21(25)20(16-18-11-7-5-8-12-18)24-22(26)27-23(2,3)4/h5-14,20-21,25H,1,15-16H2,2-4H3,(H,24,26)/t20-,21+/m1/s1. The number of aliphatic hydroxyl groups is 1. The van der Waals surface area contributed by atoms with Crippen LogP contribution in [0.1, 0.15) is 38.3 Å². The van der Waals surface area contributed by atoms with Gasteiger partial charge >= 0.3 is 6.09 Å². The third-order valence-corrected chi connectivity index (χ3v) is 4.10. The Kier molecular flexibility index (Phi) is 7.19. The van der Waals surface area contributed by atoms with Crippen LogP contribution in [-0.2, 0) is 11.2 Å². The summed E-state index contributed by atoms with van der Waals surface area (Å²) in [5, 5.41) is 13.6. The summed E-state index contributed by atoms with van der Waals surface area (Å²) in [5.41, 5.74) is 2.24. The fraction of sp³-hybridized carbons (Fsp3) is 0.348. The summed E-state index contributed by atoms with van der Waals surface area (Å²) in [4.78, 5) is 12.3. The topological polar surface area (TPSA) is 58.6 Å². The lowest BCUT2D eigenvalue weighted by Crippen LogP contribution is -2.46. The second-order valence-corrected chi connectivity index (χ2v) is 7.68. The van der Waals surface area contributed by atoms with E-state index in [2.05, 4.69) is 11.9 Å². The van der Waals surface area contributed by atoms with Gasteiger partial charge in [-0.05, 0) is 43.9 Å². The molecule has 0 fully saturated rings. The Bertz CT molecular complexity index is 735. The van der Waals surface area contributed by atoms with Gasteiger partial charge in [0.1, 0.15) is 5.60 Å². The van der Waals surface area contributed by atoms with Crippen LogP contribution in [0.4, 0.5) is 4.79 Å². The van der Waals surface area contributed by atoms with Gasteiger partial charge in [0.25, 0.3) is 0 Å². The molecule has 2 N–H and O–H groups in total. The minimum atomic E-state index is -0.787. The van der Waals surface area contributed by atoms with E-state index in [-0.39, 0.29) is 0 Å². The SMILES string of the molecule is C=C(C[C@H](O)[C@@H](Cc1ccccc1)NC(=O)OC(C)(C)C)c1ccccc1. The molecule has 0 unspecified atom stereocenters. The number of rotatable bonds is 7. The van der Waals surface area contributed by atoms with Crippen molar-refractivity contribution in [3.8, 4) is 0 Å². The van der Waals surface area contributed by atoms with Crippen LogP contribution in [0.25, 0.3) is 5.57 Å². The quantitative estimate of drug-likeness (QED) is 0.753. The Balaban J connectivity index is 2.09. The number of benzene rings is 2. The molecule has 0 bridgehead atoms. The number of hydrogen-bond acceptors (Lipinski definition) is 3. The van der Waals surface area contributed by atoms with Gasteiger partial charge in [0.2, 0.25) is 0 Å². The molecule has 0 spiro atoms. The average molecular weight is 367 g/mol. The second-order valence-electron chi connectivity index (χ2n) is 7.68.